The topological polar surface area (TPSA) is 56.7 Å². The Labute approximate surface area is 170 Å². The first-order valence-electron chi connectivity index (χ1n) is 8.72. The van der Waals surface area contributed by atoms with Crippen molar-refractivity contribution in [1.82, 2.24) is 19.7 Å². The third-order valence-corrected chi connectivity index (χ3v) is 5.35. The summed E-state index contributed by atoms with van der Waals surface area (Å²) < 4.78 is 7.47. The Bertz CT molecular complexity index is 1340. The molecule has 0 fully saturated rings. The summed E-state index contributed by atoms with van der Waals surface area (Å²) in [4.78, 5) is 8.84. The number of rotatable bonds is 3. The fourth-order valence-corrected chi connectivity index (χ4v) is 3.84. The summed E-state index contributed by atoms with van der Waals surface area (Å²) in [5.41, 5.74) is 3.69. The minimum absolute atomic E-state index is 0.411. The second-order valence-corrected chi connectivity index (χ2v) is 7.42. The normalized spacial score (nSPS) is 11.5. The van der Waals surface area contributed by atoms with Crippen LogP contribution in [0.4, 0.5) is 0 Å². The molecule has 0 radical (unpaired) electrons. The molecule has 5 nitrogen and oxygen atoms in total. The molecule has 0 unspecified atom stereocenters. The van der Waals surface area contributed by atoms with E-state index in [-0.39, 0.29) is 0 Å². The van der Waals surface area contributed by atoms with Crippen molar-refractivity contribution in [2.45, 2.75) is 13.5 Å². The van der Waals surface area contributed by atoms with Crippen LogP contribution in [0.3, 0.4) is 0 Å². The molecular weight excluding hydrogens is 395 g/mol. The van der Waals surface area contributed by atoms with Crippen LogP contribution in [-0.4, -0.2) is 19.7 Å². The SMILES string of the molecule is Cc1noc(-c2cc3c4ccccc4n(Cc4cc(Cl)ccc4Cl)c3cn2)n1. The average molecular weight is 409 g/mol. The first-order valence-corrected chi connectivity index (χ1v) is 9.47. The second-order valence-electron chi connectivity index (χ2n) is 6.57. The number of nitrogens with zero attached hydrogens (tertiary/aromatic N) is 4. The fourth-order valence-electron chi connectivity index (χ4n) is 3.47. The molecule has 0 aliphatic rings. The molecule has 5 rings (SSSR count). The molecule has 2 aromatic carbocycles. The molecular formula is C21H14Cl2N4O. The number of hydrogen-bond donors (Lipinski definition) is 0. The standard InChI is InChI=1S/C21H14Cl2N4O/c1-12-25-21(28-26-12)18-9-16-15-4-2-3-5-19(15)27(20(16)10-24-18)11-13-8-14(22)6-7-17(13)23/h2-10H,11H2,1H3. The predicted molar refractivity (Wildman–Crippen MR) is 111 cm³/mol. The lowest BCUT2D eigenvalue weighted by molar-refractivity contribution is 0.424. The van der Waals surface area contributed by atoms with Crippen molar-refractivity contribution in [3.05, 3.63) is 76.2 Å². The van der Waals surface area contributed by atoms with Gasteiger partial charge in [0.25, 0.3) is 5.89 Å². The summed E-state index contributed by atoms with van der Waals surface area (Å²) in [6, 6.07) is 15.7. The van der Waals surface area contributed by atoms with Gasteiger partial charge in [0, 0.05) is 32.9 Å². The Kier molecular flexibility index (Phi) is 4.07. The number of pyridine rings is 1. The minimum Gasteiger partial charge on any atom is -0.335 e. The monoisotopic (exact) mass is 408 g/mol. The van der Waals surface area contributed by atoms with Crippen LogP contribution in [0.1, 0.15) is 11.4 Å². The van der Waals surface area contributed by atoms with Gasteiger partial charge in [-0.05, 0) is 42.8 Å². The van der Waals surface area contributed by atoms with Crippen molar-refractivity contribution in [3.63, 3.8) is 0 Å². The quantitative estimate of drug-likeness (QED) is 0.372. The fraction of sp³-hybridized carbons (Fsp3) is 0.0952. The number of para-hydroxylation sites is 1. The zero-order valence-corrected chi connectivity index (χ0v) is 16.4. The molecule has 5 aromatic rings. The van der Waals surface area contributed by atoms with E-state index >= 15 is 0 Å². The molecule has 0 amide bonds. The van der Waals surface area contributed by atoms with Crippen LogP contribution in [0, 0.1) is 6.92 Å². The second kappa shape index (κ2) is 6.62. The van der Waals surface area contributed by atoms with Crippen LogP contribution >= 0.6 is 23.2 Å². The number of aryl methyl sites for hydroxylation is 1. The van der Waals surface area contributed by atoms with Crippen LogP contribution in [0.2, 0.25) is 10.0 Å². The maximum Gasteiger partial charge on any atom is 0.276 e. The van der Waals surface area contributed by atoms with Gasteiger partial charge >= 0.3 is 0 Å². The van der Waals surface area contributed by atoms with Gasteiger partial charge < -0.3 is 9.09 Å². The molecule has 0 atom stereocenters. The van der Waals surface area contributed by atoms with E-state index in [1.54, 1.807) is 13.0 Å². The molecule has 138 valence electrons. The van der Waals surface area contributed by atoms with Gasteiger partial charge in [-0.15, -0.1) is 0 Å². The summed E-state index contributed by atoms with van der Waals surface area (Å²) in [5, 5.41) is 7.38. The number of aromatic nitrogens is 4. The third-order valence-electron chi connectivity index (χ3n) is 4.74. The van der Waals surface area contributed by atoms with E-state index in [0.717, 1.165) is 27.4 Å². The van der Waals surface area contributed by atoms with Crippen LogP contribution in [0.5, 0.6) is 0 Å². The predicted octanol–water partition coefficient (Wildman–Crippen LogP) is 5.90. The van der Waals surface area contributed by atoms with E-state index in [1.165, 1.54) is 0 Å². The van der Waals surface area contributed by atoms with Gasteiger partial charge in [-0.1, -0.05) is 46.6 Å². The number of halogens is 2. The Morgan fingerprint density at radius 2 is 1.86 bits per heavy atom. The third kappa shape index (κ3) is 2.84. The molecule has 28 heavy (non-hydrogen) atoms. The Morgan fingerprint density at radius 3 is 2.68 bits per heavy atom. The van der Waals surface area contributed by atoms with Crippen LogP contribution in [0.15, 0.2) is 59.3 Å². The number of fused-ring (bicyclic) bond motifs is 3. The summed E-state index contributed by atoms with van der Waals surface area (Å²) in [7, 11) is 0. The van der Waals surface area contributed by atoms with Gasteiger partial charge in [0.1, 0.15) is 5.69 Å². The zero-order valence-electron chi connectivity index (χ0n) is 14.9. The van der Waals surface area contributed by atoms with Crippen molar-refractivity contribution in [2.24, 2.45) is 0 Å². The Morgan fingerprint density at radius 1 is 1.00 bits per heavy atom. The van der Waals surface area contributed by atoms with E-state index in [1.807, 2.05) is 36.5 Å². The molecule has 0 saturated heterocycles. The van der Waals surface area contributed by atoms with Gasteiger partial charge in [-0.25, -0.2) is 4.98 Å². The van der Waals surface area contributed by atoms with E-state index in [0.29, 0.717) is 34.0 Å². The van der Waals surface area contributed by atoms with E-state index in [9.17, 15) is 0 Å². The highest BCUT2D eigenvalue weighted by Crippen LogP contribution is 2.32. The van der Waals surface area contributed by atoms with Crippen molar-refractivity contribution in [3.8, 4) is 11.6 Å². The van der Waals surface area contributed by atoms with Gasteiger partial charge in [0.2, 0.25) is 0 Å². The molecule has 0 aliphatic carbocycles. The van der Waals surface area contributed by atoms with Crippen molar-refractivity contribution >= 4 is 45.0 Å². The highest BCUT2D eigenvalue weighted by atomic mass is 35.5. The molecule has 0 N–H and O–H groups in total. The summed E-state index contributed by atoms with van der Waals surface area (Å²) >= 11 is 12.6. The number of hydrogen-bond acceptors (Lipinski definition) is 4. The van der Waals surface area contributed by atoms with Crippen molar-refractivity contribution < 1.29 is 4.52 Å². The summed E-state index contributed by atoms with van der Waals surface area (Å²) in [6.07, 6.45) is 1.84. The molecule has 0 saturated carbocycles. The van der Waals surface area contributed by atoms with E-state index in [2.05, 4.69) is 31.8 Å². The molecule has 0 aliphatic heterocycles. The maximum absolute atomic E-state index is 6.41. The smallest absolute Gasteiger partial charge is 0.276 e. The van der Waals surface area contributed by atoms with Crippen molar-refractivity contribution in [1.29, 1.82) is 0 Å². The van der Waals surface area contributed by atoms with Crippen LogP contribution in [-0.2, 0) is 6.54 Å². The average Bonchev–Trinajstić information content (AvgIpc) is 3.27. The maximum atomic E-state index is 6.41. The van der Waals surface area contributed by atoms with Gasteiger partial charge in [-0.3, -0.25) is 0 Å². The van der Waals surface area contributed by atoms with Crippen LogP contribution in [0.25, 0.3) is 33.4 Å². The lowest BCUT2D eigenvalue weighted by Crippen LogP contribution is -2.00. The highest BCUT2D eigenvalue weighted by molar-refractivity contribution is 6.33. The van der Waals surface area contributed by atoms with Gasteiger partial charge in [-0.2, -0.15) is 4.98 Å². The first-order chi connectivity index (χ1) is 13.6. The molecule has 0 spiro atoms. The first kappa shape index (κ1) is 17.2. The van der Waals surface area contributed by atoms with Crippen molar-refractivity contribution in [2.75, 3.05) is 0 Å². The largest absolute Gasteiger partial charge is 0.335 e. The zero-order chi connectivity index (χ0) is 19.3. The number of benzene rings is 2. The van der Waals surface area contributed by atoms with Crippen LogP contribution < -0.4 is 0 Å². The van der Waals surface area contributed by atoms with E-state index in [4.69, 9.17) is 27.7 Å². The molecule has 3 heterocycles. The minimum atomic E-state index is 0.411. The highest BCUT2D eigenvalue weighted by Gasteiger charge is 2.16. The van der Waals surface area contributed by atoms with Gasteiger partial charge in [0.15, 0.2) is 5.82 Å². The lowest BCUT2D eigenvalue weighted by atomic mass is 10.1. The Hall–Kier alpha value is -2.89. The Balaban J connectivity index is 1.73. The lowest BCUT2D eigenvalue weighted by Gasteiger charge is -2.10. The molecule has 3 aromatic heterocycles. The molecule has 7 heteroatoms. The summed E-state index contributed by atoms with van der Waals surface area (Å²) in [5.74, 6) is 0.990. The molecule has 0 bridgehead atoms. The van der Waals surface area contributed by atoms with Gasteiger partial charge in [0.05, 0.1) is 11.7 Å². The summed E-state index contributed by atoms with van der Waals surface area (Å²) in [6.45, 7) is 2.37. The van der Waals surface area contributed by atoms with E-state index < -0.39 is 0 Å².